The van der Waals surface area contributed by atoms with Crippen molar-refractivity contribution < 1.29 is 9.47 Å². The number of methoxy groups -OCH3 is 1. The van der Waals surface area contributed by atoms with Crippen LogP contribution in [0.25, 0.3) is 0 Å². The van der Waals surface area contributed by atoms with Crippen LogP contribution >= 0.6 is 0 Å². The van der Waals surface area contributed by atoms with E-state index in [2.05, 4.69) is 44.8 Å². The Bertz CT molecular complexity index is 844. The van der Waals surface area contributed by atoms with Crippen LogP contribution < -0.4 is 15.4 Å². The summed E-state index contributed by atoms with van der Waals surface area (Å²) in [5, 5.41) is 15.2. The molecule has 1 aromatic carbocycles. The van der Waals surface area contributed by atoms with Crippen LogP contribution in [-0.4, -0.2) is 72.1 Å². The highest BCUT2D eigenvalue weighted by Crippen LogP contribution is 2.20. The second-order valence-corrected chi connectivity index (χ2v) is 7.44. The summed E-state index contributed by atoms with van der Waals surface area (Å²) in [5.74, 6) is 3.35. The molecule has 2 aromatic rings. The zero-order chi connectivity index (χ0) is 21.3. The van der Waals surface area contributed by atoms with Crippen LogP contribution in [0.3, 0.4) is 0 Å². The Labute approximate surface area is 178 Å². The molecule has 30 heavy (non-hydrogen) atoms. The maximum Gasteiger partial charge on any atom is 0.192 e. The van der Waals surface area contributed by atoms with Crippen LogP contribution in [0.2, 0.25) is 0 Å². The summed E-state index contributed by atoms with van der Waals surface area (Å²) in [5.41, 5.74) is 2.21. The highest BCUT2D eigenvalue weighted by atomic mass is 16.5. The second kappa shape index (κ2) is 10.9. The minimum absolute atomic E-state index is 0.522. The lowest BCUT2D eigenvalue weighted by Crippen LogP contribution is -2.44. The van der Waals surface area contributed by atoms with E-state index in [-0.39, 0.29) is 0 Å². The molecule has 1 saturated heterocycles. The van der Waals surface area contributed by atoms with Gasteiger partial charge in [-0.05, 0) is 25.5 Å². The van der Waals surface area contributed by atoms with E-state index in [9.17, 15) is 0 Å². The van der Waals surface area contributed by atoms with Crippen molar-refractivity contribution in [2.75, 3.05) is 46.5 Å². The van der Waals surface area contributed by atoms with Crippen LogP contribution in [0.5, 0.6) is 5.75 Å². The van der Waals surface area contributed by atoms with Gasteiger partial charge in [-0.3, -0.25) is 4.90 Å². The van der Waals surface area contributed by atoms with E-state index in [1.54, 1.807) is 7.11 Å². The Kier molecular flexibility index (Phi) is 8.04. The van der Waals surface area contributed by atoms with E-state index in [0.717, 1.165) is 68.3 Å². The maximum absolute atomic E-state index is 5.52. The number of rotatable bonds is 8. The number of benzene rings is 1. The number of aromatic nitrogens is 3. The van der Waals surface area contributed by atoms with E-state index in [1.807, 2.05) is 24.6 Å². The highest BCUT2D eigenvalue weighted by Gasteiger charge is 2.11. The quantitative estimate of drug-likeness (QED) is 0.491. The molecule has 0 amide bonds. The van der Waals surface area contributed by atoms with Crippen molar-refractivity contribution in [3.05, 3.63) is 41.0 Å². The molecule has 0 spiro atoms. The summed E-state index contributed by atoms with van der Waals surface area (Å²) in [4.78, 5) is 7.17. The summed E-state index contributed by atoms with van der Waals surface area (Å²) < 4.78 is 12.9. The molecule has 0 bridgehead atoms. The Hall–Kier alpha value is -2.65. The van der Waals surface area contributed by atoms with Gasteiger partial charge < -0.3 is 24.7 Å². The number of morpholine rings is 1. The third-order valence-electron chi connectivity index (χ3n) is 5.27. The minimum atomic E-state index is 0.522. The van der Waals surface area contributed by atoms with Crippen molar-refractivity contribution in [3.8, 4) is 5.75 Å². The lowest BCUT2D eigenvalue weighted by molar-refractivity contribution is 0.0389. The predicted octanol–water partition coefficient (Wildman–Crippen LogP) is 1.01. The molecule has 2 heterocycles. The van der Waals surface area contributed by atoms with Gasteiger partial charge >= 0.3 is 0 Å². The normalized spacial score (nSPS) is 15.3. The fraction of sp³-hybridized carbons (Fsp3) is 0.571. The minimum Gasteiger partial charge on any atom is -0.496 e. The average Bonchev–Trinajstić information content (AvgIpc) is 3.08. The zero-order valence-corrected chi connectivity index (χ0v) is 18.4. The Morgan fingerprint density at radius 3 is 2.70 bits per heavy atom. The Balaban J connectivity index is 1.64. The smallest absolute Gasteiger partial charge is 0.192 e. The number of ether oxygens (including phenoxy) is 2. The molecule has 9 nitrogen and oxygen atoms in total. The number of nitrogens with zero attached hydrogens (tertiary/aromatic N) is 5. The molecule has 0 unspecified atom stereocenters. The van der Waals surface area contributed by atoms with Gasteiger partial charge in [0.2, 0.25) is 0 Å². The predicted molar refractivity (Wildman–Crippen MR) is 117 cm³/mol. The topological polar surface area (TPSA) is 88.8 Å². The number of nitrogens with one attached hydrogen (secondary N) is 2. The summed E-state index contributed by atoms with van der Waals surface area (Å²) in [6, 6.07) is 6.18. The molecule has 1 aliphatic heterocycles. The third kappa shape index (κ3) is 6.17. The SMILES string of the molecule is COc1cc(C)ccc1CN=C(NCCN1CCOCC1)NCc1nnc(C)n1C. The lowest BCUT2D eigenvalue weighted by atomic mass is 10.1. The van der Waals surface area contributed by atoms with Crippen molar-refractivity contribution in [3.63, 3.8) is 0 Å². The highest BCUT2D eigenvalue weighted by molar-refractivity contribution is 5.79. The zero-order valence-electron chi connectivity index (χ0n) is 18.4. The summed E-state index contributed by atoms with van der Waals surface area (Å²) in [7, 11) is 3.66. The standard InChI is InChI=1S/C21H33N7O2/c1-16-5-6-18(19(13-16)29-4)14-23-21(22-7-8-28-9-11-30-12-10-28)24-15-20-26-25-17(2)27(20)3/h5-6,13H,7-12,14-15H2,1-4H3,(H2,22,23,24). The van der Waals surface area contributed by atoms with E-state index < -0.39 is 0 Å². The van der Waals surface area contributed by atoms with E-state index in [1.165, 1.54) is 5.56 Å². The third-order valence-corrected chi connectivity index (χ3v) is 5.27. The molecule has 0 aliphatic carbocycles. The van der Waals surface area contributed by atoms with Gasteiger partial charge in [0.05, 0.1) is 33.4 Å². The summed E-state index contributed by atoms with van der Waals surface area (Å²) >= 11 is 0. The number of hydrogen-bond donors (Lipinski definition) is 2. The van der Waals surface area contributed by atoms with E-state index in [0.29, 0.717) is 13.1 Å². The van der Waals surface area contributed by atoms with Crippen molar-refractivity contribution >= 4 is 5.96 Å². The molecule has 1 aromatic heterocycles. The second-order valence-electron chi connectivity index (χ2n) is 7.44. The molecule has 2 N–H and O–H groups in total. The number of aliphatic imine (C=N–C) groups is 1. The number of hydrogen-bond acceptors (Lipinski definition) is 6. The fourth-order valence-electron chi connectivity index (χ4n) is 3.25. The van der Waals surface area contributed by atoms with Gasteiger partial charge in [0.1, 0.15) is 11.6 Å². The van der Waals surface area contributed by atoms with Crippen LogP contribution in [0.15, 0.2) is 23.2 Å². The first-order chi connectivity index (χ1) is 14.6. The monoisotopic (exact) mass is 415 g/mol. The van der Waals surface area contributed by atoms with Gasteiger partial charge in [0, 0.05) is 38.8 Å². The van der Waals surface area contributed by atoms with Gasteiger partial charge in [-0.1, -0.05) is 12.1 Å². The first-order valence-corrected chi connectivity index (χ1v) is 10.4. The van der Waals surface area contributed by atoms with Crippen LogP contribution in [0.1, 0.15) is 22.8 Å². The van der Waals surface area contributed by atoms with Crippen LogP contribution in [0, 0.1) is 13.8 Å². The number of aryl methyl sites for hydroxylation is 2. The molecule has 9 heteroatoms. The van der Waals surface area contributed by atoms with Crippen molar-refractivity contribution in [2.24, 2.45) is 12.0 Å². The van der Waals surface area contributed by atoms with E-state index in [4.69, 9.17) is 14.5 Å². The van der Waals surface area contributed by atoms with Gasteiger partial charge in [0.15, 0.2) is 11.8 Å². The summed E-state index contributed by atoms with van der Waals surface area (Å²) in [6.07, 6.45) is 0. The maximum atomic E-state index is 5.52. The molecular weight excluding hydrogens is 382 g/mol. The van der Waals surface area contributed by atoms with Gasteiger partial charge in [0.25, 0.3) is 0 Å². The molecule has 0 radical (unpaired) electrons. The fourth-order valence-corrected chi connectivity index (χ4v) is 3.25. The molecule has 3 rings (SSSR count). The van der Waals surface area contributed by atoms with Gasteiger partial charge in [-0.15, -0.1) is 10.2 Å². The molecule has 1 aliphatic rings. The number of guanidine groups is 1. The first-order valence-electron chi connectivity index (χ1n) is 10.4. The average molecular weight is 416 g/mol. The molecule has 1 fully saturated rings. The van der Waals surface area contributed by atoms with Crippen LogP contribution in [-0.2, 0) is 24.9 Å². The lowest BCUT2D eigenvalue weighted by Gasteiger charge is -2.26. The molecule has 164 valence electrons. The Morgan fingerprint density at radius 1 is 1.20 bits per heavy atom. The largest absolute Gasteiger partial charge is 0.496 e. The van der Waals surface area contributed by atoms with Gasteiger partial charge in [-0.25, -0.2) is 4.99 Å². The van der Waals surface area contributed by atoms with Crippen LogP contribution in [0.4, 0.5) is 0 Å². The molecule has 0 atom stereocenters. The van der Waals surface area contributed by atoms with Gasteiger partial charge in [-0.2, -0.15) is 0 Å². The van der Waals surface area contributed by atoms with E-state index >= 15 is 0 Å². The molecule has 0 saturated carbocycles. The molecular formula is C21H33N7O2. The first kappa shape index (κ1) is 22.0. The van der Waals surface area contributed by atoms with Crippen molar-refractivity contribution in [1.82, 2.24) is 30.3 Å². The van der Waals surface area contributed by atoms with Crippen molar-refractivity contribution in [2.45, 2.75) is 26.9 Å². The van der Waals surface area contributed by atoms with Crippen molar-refractivity contribution in [1.29, 1.82) is 0 Å². The Morgan fingerprint density at radius 2 is 2.00 bits per heavy atom. The summed E-state index contributed by atoms with van der Waals surface area (Å²) in [6.45, 7) is 10.4.